The number of halogens is 1. The fourth-order valence-electron chi connectivity index (χ4n) is 0.975. The summed E-state index contributed by atoms with van der Waals surface area (Å²) in [5.74, 6) is 0. The molecule has 0 aromatic carbocycles. The van der Waals surface area contributed by atoms with E-state index in [1.54, 1.807) is 5.57 Å². The molecule has 0 aromatic heterocycles. The van der Waals surface area contributed by atoms with Crippen LogP contribution in [0, 0.1) is 0 Å². The Hall–Kier alpha value is 0.210. The Bertz CT molecular complexity index is 199. The molecule has 0 radical (unpaired) electrons. The standard InChI is InChI=1S/C9H14I/c1-6-5-10-9(4)8(3)7(6)2/h5,9H,1-4H3/q-1. The summed E-state index contributed by atoms with van der Waals surface area (Å²) in [6.07, 6.45) is 0. The molecule has 1 atom stereocenters. The molecular weight excluding hydrogens is 235 g/mol. The first kappa shape index (κ1) is 8.31. The van der Waals surface area contributed by atoms with E-state index in [1.807, 2.05) is 0 Å². The Morgan fingerprint density at radius 1 is 1.30 bits per heavy atom. The van der Waals surface area contributed by atoms with Crippen molar-refractivity contribution in [3.8, 4) is 0 Å². The number of hydrogen-bond acceptors (Lipinski definition) is 0. The summed E-state index contributed by atoms with van der Waals surface area (Å²) in [7, 11) is 0. The van der Waals surface area contributed by atoms with Crippen LogP contribution in [0.5, 0.6) is 0 Å². The molecule has 1 unspecified atom stereocenters. The van der Waals surface area contributed by atoms with Gasteiger partial charge in [0.2, 0.25) is 0 Å². The van der Waals surface area contributed by atoms with E-state index >= 15 is 0 Å². The van der Waals surface area contributed by atoms with E-state index in [0.717, 1.165) is 3.92 Å². The Balaban J connectivity index is 2.94. The van der Waals surface area contributed by atoms with E-state index in [4.69, 9.17) is 0 Å². The monoisotopic (exact) mass is 249 g/mol. The van der Waals surface area contributed by atoms with E-state index in [-0.39, 0.29) is 0 Å². The van der Waals surface area contributed by atoms with Crippen molar-refractivity contribution < 1.29 is 21.2 Å². The zero-order chi connectivity index (χ0) is 7.72. The van der Waals surface area contributed by atoms with E-state index in [1.165, 1.54) is 11.1 Å². The molecule has 1 aliphatic rings. The zero-order valence-corrected chi connectivity index (χ0v) is 9.19. The maximum absolute atomic E-state index is 2.45. The third kappa shape index (κ3) is 1.44. The third-order valence-electron chi connectivity index (χ3n) is 2.20. The van der Waals surface area contributed by atoms with Crippen LogP contribution in [0.15, 0.2) is 20.8 Å². The van der Waals surface area contributed by atoms with Gasteiger partial charge in [0.1, 0.15) is 0 Å². The van der Waals surface area contributed by atoms with E-state index in [9.17, 15) is 0 Å². The Morgan fingerprint density at radius 2 is 1.90 bits per heavy atom. The van der Waals surface area contributed by atoms with Gasteiger partial charge in [0.05, 0.1) is 0 Å². The van der Waals surface area contributed by atoms with Crippen LogP contribution in [0.2, 0.25) is 0 Å². The summed E-state index contributed by atoms with van der Waals surface area (Å²) in [4.78, 5) is 0. The predicted octanol–water partition coefficient (Wildman–Crippen LogP) is -0.282. The van der Waals surface area contributed by atoms with Crippen LogP contribution < -0.4 is 21.2 Å². The average Bonchev–Trinajstić information content (AvgIpc) is 1.93. The van der Waals surface area contributed by atoms with E-state index in [0.29, 0.717) is 21.2 Å². The molecule has 0 aliphatic carbocycles. The Kier molecular flexibility index (Phi) is 2.55. The van der Waals surface area contributed by atoms with Gasteiger partial charge in [-0.05, 0) is 0 Å². The van der Waals surface area contributed by atoms with E-state index in [2.05, 4.69) is 31.8 Å². The van der Waals surface area contributed by atoms with Crippen molar-refractivity contribution in [3.05, 3.63) is 20.8 Å². The molecule has 0 nitrogen and oxygen atoms in total. The molecule has 0 bridgehead atoms. The molecule has 1 aliphatic heterocycles. The molecule has 1 heteroatoms. The van der Waals surface area contributed by atoms with Crippen LogP contribution >= 0.6 is 0 Å². The molecule has 0 saturated heterocycles. The van der Waals surface area contributed by atoms with Gasteiger partial charge in [-0.1, -0.05) is 0 Å². The van der Waals surface area contributed by atoms with Gasteiger partial charge >= 0.3 is 73.6 Å². The molecule has 1 heterocycles. The molecule has 0 N–H and O–H groups in total. The Morgan fingerprint density at radius 3 is 2.40 bits per heavy atom. The summed E-state index contributed by atoms with van der Waals surface area (Å²) >= 11 is 0.324. The maximum atomic E-state index is 2.45. The van der Waals surface area contributed by atoms with Crippen LogP contribution in [0.25, 0.3) is 0 Å². The summed E-state index contributed by atoms with van der Waals surface area (Å²) in [5, 5.41) is 0. The third-order valence-corrected chi connectivity index (χ3v) is 5.50. The zero-order valence-electron chi connectivity index (χ0n) is 7.03. The summed E-state index contributed by atoms with van der Waals surface area (Å²) in [6.45, 7) is 9.08. The second kappa shape index (κ2) is 3.07. The topological polar surface area (TPSA) is 0 Å². The predicted molar refractivity (Wildman–Crippen MR) is 41.6 cm³/mol. The van der Waals surface area contributed by atoms with Gasteiger partial charge in [-0.3, -0.25) is 0 Å². The second-order valence-electron chi connectivity index (χ2n) is 2.84. The second-order valence-corrected chi connectivity index (χ2v) is 6.05. The number of hydrogen-bond donors (Lipinski definition) is 0. The van der Waals surface area contributed by atoms with Crippen LogP contribution in [-0.4, -0.2) is 3.92 Å². The van der Waals surface area contributed by atoms with Gasteiger partial charge in [0.25, 0.3) is 0 Å². The first-order valence-corrected chi connectivity index (χ1v) is 6.08. The Labute approximate surface area is 73.7 Å². The quantitative estimate of drug-likeness (QED) is 0.409. The molecule has 0 spiro atoms. The van der Waals surface area contributed by atoms with Crippen molar-refractivity contribution >= 4 is 0 Å². The fourth-order valence-corrected chi connectivity index (χ4v) is 3.53. The van der Waals surface area contributed by atoms with Gasteiger partial charge in [-0.2, -0.15) is 0 Å². The molecule has 0 fully saturated rings. The number of rotatable bonds is 0. The van der Waals surface area contributed by atoms with Crippen LogP contribution in [-0.2, 0) is 0 Å². The van der Waals surface area contributed by atoms with Crippen molar-refractivity contribution in [2.75, 3.05) is 0 Å². The van der Waals surface area contributed by atoms with Gasteiger partial charge in [-0.25, -0.2) is 0 Å². The van der Waals surface area contributed by atoms with Crippen molar-refractivity contribution in [1.82, 2.24) is 0 Å². The van der Waals surface area contributed by atoms with Crippen LogP contribution in [0.3, 0.4) is 0 Å². The minimum absolute atomic E-state index is 0.324. The van der Waals surface area contributed by atoms with Crippen LogP contribution in [0.4, 0.5) is 0 Å². The van der Waals surface area contributed by atoms with Crippen molar-refractivity contribution in [3.63, 3.8) is 0 Å². The first-order valence-electron chi connectivity index (χ1n) is 3.59. The molecule has 0 saturated carbocycles. The minimum atomic E-state index is 0.324. The van der Waals surface area contributed by atoms with Crippen molar-refractivity contribution in [2.45, 2.75) is 31.6 Å². The first-order chi connectivity index (χ1) is 4.63. The molecule has 1 rings (SSSR count). The van der Waals surface area contributed by atoms with Gasteiger partial charge < -0.3 is 0 Å². The van der Waals surface area contributed by atoms with Gasteiger partial charge in [0.15, 0.2) is 0 Å². The van der Waals surface area contributed by atoms with Crippen molar-refractivity contribution in [2.24, 2.45) is 0 Å². The molecular formula is C9H14I-. The molecule has 10 heavy (non-hydrogen) atoms. The summed E-state index contributed by atoms with van der Waals surface area (Å²) < 4.78 is 3.33. The number of alkyl halides is 1. The van der Waals surface area contributed by atoms with Crippen molar-refractivity contribution in [1.29, 1.82) is 0 Å². The average molecular weight is 249 g/mol. The summed E-state index contributed by atoms with van der Waals surface area (Å²) in [5.41, 5.74) is 4.66. The molecule has 0 aromatic rings. The van der Waals surface area contributed by atoms with Gasteiger partial charge in [-0.15, -0.1) is 0 Å². The molecule has 0 amide bonds. The molecule has 58 valence electrons. The SMILES string of the molecule is CC1=C[I-]C(C)C(C)=C1C. The van der Waals surface area contributed by atoms with Crippen LogP contribution in [0.1, 0.15) is 27.7 Å². The fraction of sp³-hybridized carbons (Fsp3) is 0.556. The number of allylic oxidation sites excluding steroid dienone is 3. The van der Waals surface area contributed by atoms with E-state index < -0.39 is 0 Å². The normalized spacial score (nSPS) is 27.6. The van der Waals surface area contributed by atoms with Gasteiger partial charge in [0, 0.05) is 0 Å². The summed E-state index contributed by atoms with van der Waals surface area (Å²) in [6, 6.07) is 0.